The summed E-state index contributed by atoms with van der Waals surface area (Å²) in [4.78, 5) is 22.0. The maximum absolute atomic E-state index is 11.9. The van der Waals surface area contributed by atoms with E-state index in [1.54, 1.807) is 0 Å². The first-order valence-electron chi connectivity index (χ1n) is 5.73. The molecule has 0 aliphatic heterocycles. The third-order valence-electron chi connectivity index (χ3n) is 2.61. The Morgan fingerprint density at radius 3 is 2.50 bits per heavy atom. The van der Waals surface area contributed by atoms with E-state index in [2.05, 4.69) is 0 Å². The largest absolute Gasteiger partial charge is 0.457 e. The van der Waals surface area contributed by atoms with Crippen LogP contribution in [0.25, 0.3) is 0 Å². The number of ether oxygens (including phenoxy) is 1. The van der Waals surface area contributed by atoms with Crippen LogP contribution in [-0.4, -0.2) is 10.9 Å². The lowest BCUT2D eigenvalue weighted by molar-refractivity contribution is -0.384. The van der Waals surface area contributed by atoms with E-state index in [1.807, 2.05) is 30.3 Å². The van der Waals surface area contributed by atoms with Crippen molar-refractivity contribution in [2.75, 3.05) is 0 Å². The summed E-state index contributed by atoms with van der Waals surface area (Å²) in [5, 5.41) is 10.5. The third-order valence-corrected chi connectivity index (χ3v) is 3.00. The van der Waals surface area contributed by atoms with Crippen LogP contribution < -0.4 is 0 Å². The number of carbonyl (C=O) groups excluding carboxylic acids is 1. The van der Waals surface area contributed by atoms with Crippen molar-refractivity contribution in [3.8, 4) is 0 Å². The first-order valence-corrected chi connectivity index (χ1v) is 6.11. The molecule has 0 fully saturated rings. The van der Waals surface area contributed by atoms with Crippen molar-refractivity contribution < 1.29 is 14.5 Å². The first kappa shape index (κ1) is 14.0. The van der Waals surface area contributed by atoms with E-state index >= 15 is 0 Å². The summed E-state index contributed by atoms with van der Waals surface area (Å²) in [5.74, 6) is -0.692. The Hall–Kier alpha value is -2.40. The van der Waals surface area contributed by atoms with Crippen LogP contribution in [0.5, 0.6) is 0 Å². The molecule has 0 amide bonds. The van der Waals surface area contributed by atoms with Gasteiger partial charge in [-0.1, -0.05) is 48.0 Å². The summed E-state index contributed by atoms with van der Waals surface area (Å²) in [6.45, 7) is 0.0820. The lowest BCUT2D eigenvalue weighted by Gasteiger charge is -2.06. The van der Waals surface area contributed by atoms with Crippen molar-refractivity contribution in [2.45, 2.75) is 6.61 Å². The summed E-state index contributed by atoms with van der Waals surface area (Å²) in [6, 6.07) is 13.1. The molecule has 0 aromatic heterocycles. The molecule has 0 aliphatic carbocycles. The summed E-state index contributed by atoms with van der Waals surface area (Å²) in [6.07, 6.45) is 0. The molecule has 2 aromatic rings. The van der Waals surface area contributed by atoms with Crippen molar-refractivity contribution >= 4 is 23.3 Å². The van der Waals surface area contributed by atoms with Gasteiger partial charge in [-0.3, -0.25) is 10.1 Å². The molecule has 0 bridgehead atoms. The number of benzene rings is 2. The normalized spacial score (nSPS) is 10.1. The molecular formula is C14H10ClNO4. The number of halogens is 1. The fourth-order valence-electron chi connectivity index (χ4n) is 1.62. The van der Waals surface area contributed by atoms with Gasteiger partial charge >= 0.3 is 5.97 Å². The van der Waals surface area contributed by atoms with E-state index in [1.165, 1.54) is 18.2 Å². The zero-order chi connectivity index (χ0) is 14.5. The Balaban J connectivity index is 2.14. The Morgan fingerprint density at radius 1 is 1.15 bits per heavy atom. The Labute approximate surface area is 119 Å². The van der Waals surface area contributed by atoms with Gasteiger partial charge in [0.15, 0.2) is 0 Å². The summed E-state index contributed by atoms with van der Waals surface area (Å²) in [5.41, 5.74) is 0.486. The maximum Gasteiger partial charge on any atom is 0.340 e. The molecule has 6 heteroatoms. The van der Waals surface area contributed by atoms with Gasteiger partial charge in [0, 0.05) is 6.07 Å². The molecule has 0 unspecified atom stereocenters. The van der Waals surface area contributed by atoms with Gasteiger partial charge in [0.2, 0.25) is 0 Å². The van der Waals surface area contributed by atoms with Crippen LogP contribution in [0.4, 0.5) is 5.69 Å². The van der Waals surface area contributed by atoms with Crippen LogP contribution in [0.2, 0.25) is 5.02 Å². The number of esters is 1. The second kappa shape index (κ2) is 6.16. The van der Waals surface area contributed by atoms with Crippen molar-refractivity contribution in [1.82, 2.24) is 0 Å². The highest BCUT2D eigenvalue weighted by Crippen LogP contribution is 2.28. The monoisotopic (exact) mass is 291 g/mol. The molecule has 0 atom stereocenters. The molecule has 2 aromatic carbocycles. The van der Waals surface area contributed by atoms with E-state index in [4.69, 9.17) is 16.3 Å². The molecule has 20 heavy (non-hydrogen) atoms. The average Bonchev–Trinajstić information content (AvgIpc) is 2.46. The minimum Gasteiger partial charge on any atom is -0.457 e. The lowest BCUT2D eigenvalue weighted by Crippen LogP contribution is -2.07. The number of hydrogen-bond acceptors (Lipinski definition) is 4. The molecule has 0 heterocycles. The number of nitro benzene ring substituents is 1. The fraction of sp³-hybridized carbons (Fsp3) is 0.0714. The Kier molecular flexibility index (Phi) is 4.32. The van der Waals surface area contributed by atoms with E-state index in [0.717, 1.165) is 5.56 Å². The van der Waals surface area contributed by atoms with Gasteiger partial charge in [-0.25, -0.2) is 4.79 Å². The maximum atomic E-state index is 11.9. The smallest absolute Gasteiger partial charge is 0.340 e. The Morgan fingerprint density at radius 2 is 1.85 bits per heavy atom. The number of rotatable bonds is 4. The van der Waals surface area contributed by atoms with Crippen LogP contribution >= 0.6 is 11.6 Å². The molecule has 0 radical (unpaired) electrons. The summed E-state index contributed by atoms with van der Waals surface area (Å²) >= 11 is 5.84. The van der Waals surface area contributed by atoms with E-state index < -0.39 is 10.9 Å². The molecule has 0 saturated heterocycles. The highest BCUT2D eigenvalue weighted by atomic mass is 35.5. The van der Waals surface area contributed by atoms with Gasteiger partial charge in [0.05, 0.1) is 10.5 Å². The number of hydrogen-bond donors (Lipinski definition) is 0. The van der Waals surface area contributed by atoms with Gasteiger partial charge in [0.1, 0.15) is 11.6 Å². The van der Waals surface area contributed by atoms with Crippen LogP contribution in [0, 0.1) is 10.1 Å². The standard InChI is InChI=1S/C14H10ClNO4/c15-13-11(7-4-8-12(13)16(18)19)14(17)20-9-10-5-2-1-3-6-10/h1-8H,9H2. The van der Waals surface area contributed by atoms with Gasteiger partial charge in [-0.05, 0) is 11.6 Å². The zero-order valence-electron chi connectivity index (χ0n) is 10.3. The highest BCUT2D eigenvalue weighted by Gasteiger charge is 2.20. The average molecular weight is 292 g/mol. The second-order valence-electron chi connectivity index (χ2n) is 3.96. The molecular weight excluding hydrogens is 282 g/mol. The second-order valence-corrected chi connectivity index (χ2v) is 4.34. The number of nitrogens with zero attached hydrogens (tertiary/aromatic N) is 1. The third kappa shape index (κ3) is 3.13. The minimum absolute atomic E-state index is 0.0169. The van der Waals surface area contributed by atoms with Crippen molar-refractivity contribution in [3.63, 3.8) is 0 Å². The fourth-order valence-corrected chi connectivity index (χ4v) is 1.89. The highest BCUT2D eigenvalue weighted by molar-refractivity contribution is 6.35. The molecule has 0 spiro atoms. The van der Waals surface area contributed by atoms with Gasteiger partial charge in [0.25, 0.3) is 5.69 Å². The molecule has 0 saturated carbocycles. The van der Waals surface area contributed by atoms with E-state index in [-0.39, 0.29) is 22.9 Å². The van der Waals surface area contributed by atoms with Crippen LogP contribution in [0.3, 0.4) is 0 Å². The van der Waals surface area contributed by atoms with Crippen molar-refractivity contribution in [1.29, 1.82) is 0 Å². The van der Waals surface area contributed by atoms with Gasteiger partial charge in [-0.2, -0.15) is 0 Å². The molecule has 0 N–H and O–H groups in total. The lowest BCUT2D eigenvalue weighted by atomic mass is 10.2. The molecule has 5 nitrogen and oxygen atoms in total. The van der Waals surface area contributed by atoms with Crippen LogP contribution in [-0.2, 0) is 11.3 Å². The predicted octanol–water partition coefficient (Wildman–Crippen LogP) is 3.61. The van der Waals surface area contributed by atoms with Crippen LogP contribution in [0.1, 0.15) is 15.9 Å². The Bertz CT molecular complexity index is 643. The molecule has 0 aliphatic rings. The quantitative estimate of drug-likeness (QED) is 0.490. The van der Waals surface area contributed by atoms with E-state index in [0.29, 0.717) is 0 Å². The molecule has 102 valence electrons. The summed E-state index contributed by atoms with van der Waals surface area (Å²) in [7, 11) is 0. The van der Waals surface area contributed by atoms with Crippen molar-refractivity contribution in [2.24, 2.45) is 0 Å². The predicted molar refractivity (Wildman–Crippen MR) is 73.7 cm³/mol. The first-order chi connectivity index (χ1) is 9.59. The van der Waals surface area contributed by atoms with Gasteiger partial charge < -0.3 is 4.74 Å². The summed E-state index contributed by atoms with van der Waals surface area (Å²) < 4.78 is 5.08. The van der Waals surface area contributed by atoms with Crippen molar-refractivity contribution in [3.05, 3.63) is 74.8 Å². The minimum atomic E-state index is -0.692. The number of carbonyl (C=O) groups is 1. The SMILES string of the molecule is O=C(OCc1ccccc1)c1cccc([N+](=O)[O-])c1Cl. The van der Waals surface area contributed by atoms with Crippen LogP contribution in [0.15, 0.2) is 48.5 Å². The zero-order valence-corrected chi connectivity index (χ0v) is 11.0. The van der Waals surface area contributed by atoms with Gasteiger partial charge in [-0.15, -0.1) is 0 Å². The molecule has 2 rings (SSSR count). The van der Waals surface area contributed by atoms with E-state index in [9.17, 15) is 14.9 Å². The number of nitro groups is 1. The topological polar surface area (TPSA) is 69.4 Å².